The van der Waals surface area contributed by atoms with Gasteiger partial charge in [-0.1, -0.05) is 18.9 Å². The molecule has 3 heterocycles. The van der Waals surface area contributed by atoms with Crippen molar-refractivity contribution in [1.82, 2.24) is 35.4 Å². The number of amides is 3. The number of aromatic amines is 1. The first kappa shape index (κ1) is 25.1. The molecule has 2 bridgehead atoms. The maximum Gasteiger partial charge on any atom is 0.319 e. The van der Waals surface area contributed by atoms with Crippen LogP contribution < -0.4 is 16.0 Å². The molecule has 0 saturated heterocycles. The standard InChI is InChI=1S/C26H36N8O3/c1-33-10-5-11-34(2)22(35)15-37-21-12-19(8-9-20(21)32-26(36)31-18-6-3-4-7-18)30-25-23-17(14-33)13-27-24(23)28-16-29-25/h8-9,13,16,18-19H,3-7,10-12,14-15H2,1-2H3,(H2,31,32,36)(H2,27,28,29,30). The molecule has 2 aromatic heterocycles. The zero-order chi connectivity index (χ0) is 25.8. The van der Waals surface area contributed by atoms with Gasteiger partial charge in [-0.2, -0.15) is 0 Å². The zero-order valence-corrected chi connectivity index (χ0v) is 21.5. The molecule has 5 rings (SSSR count). The molecule has 1 atom stereocenters. The summed E-state index contributed by atoms with van der Waals surface area (Å²) < 4.78 is 6.03. The normalized spacial score (nSPS) is 22.2. The molecule has 3 amide bonds. The number of anilines is 1. The van der Waals surface area contributed by atoms with Crippen LogP contribution in [0.2, 0.25) is 0 Å². The number of fused-ring (bicyclic) bond motifs is 2. The molecule has 2 aromatic rings. The summed E-state index contributed by atoms with van der Waals surface area (Å²) in [6, 6.07) is -0.184. The van der Waals surface area contributed by atoms with Crippen LogP contribution in [-0.4, -0.2) is 82.6 Å². The number of rotatable bonds is 2. The Morgan fingerprint density at radius 2 is 2.00 bits per heavy atom. The van der Waals surface area contributed by atoms with Crippen LogP contribution in [0.3, 0.4) is 0 Å². The van der Waals surface area contributed by atoms with Gasteiger partial charge in [-0.05, 0) is 44.5 Å². The van der Waals surface area contributed by atoms with Gasteiger partial charge < -0.3 is 35.5 Å². The van der Waals surface area contributed by atoms with Gasteiger partial charge in [0, 0.05) is 38.8 Å². The number of ether oxygens (including phenoxy) is 1. The Bertz CT molecular complexity index is 1200. The fourth-order valence-electron chi connectivity index (χ4n) is 5.21. The Balaban J connectivity index is 1.40. The van der Waals surface area contributed by atoms with E-state index in [-0.39, 0.29) is 30.6 Å². The lowest BCUT2D eigenvalue weighted by molar-refractivity contribution is -0.133. The number of aromatic nitrogens is 3. The third kappa shape index (κ3) is 6.04. The molecular formula is C26H36N8O3. The van der Waals surface area contributed by atoms with E-state index >= 15 is 0 Å². The lowest BCUT2D eigenvalue weighted by atomic mass is 10.0. The van der Waals surface area contributed by atoms with Gasteiger partial charge >= 0.3 is 6.03 Å². The van der Waals surface area contributed by atoms with Crippen molar-refractivity contribution < 1.29 is 14.3 Å². The topological polar surface area (TPSA) is 128 Å². The summed E-state index contributed by atoms with van der Waals surface area (Å²) in [7, 11) is 3.87. The molecule has 37 heavy (non-hydrogen) atoms. The molecule has 11 nitrogen and oxygen atoms in total. The number of allylic oxidation sites excluding steroid dienone is 1. The maximum absolute atomic E-state index is 12.8. The van der Waals surface area contributed by atoms with Crippen LogP contribution in [-0.2, 0) is 16.1 Å². The minimum absolute atomic E-state index is 0.0859. The van der Waals surface area contributed by atoms with Gasteiger partial charge in [-0.15, -0.1) is 0 Å². The van der Waals surface area contributed by atoms with Crippen LogP contribution in [0.4, 0.5) is 10.6 Å². The first-order valence-corrected chi connectivity index (χ1v) is 13.1. The number of nitrogens with one attached hydrogen (secondary N) is 4. The Morgan fingerprint density at radius 1 is 1.16 bits per heavy atom. The van der Waals surface area contributed by atoms with E-state index in [9.17, 15) is 9.59 Å². The molecular weight excluding hydrogens is 472 g/mol. The molecule has 198 valence electrons. The minimum Gasteiger partial charge on any atom is -0.486 e. The van der Waals surface area contributed by atoms with E-state index in [0.717, 1.165) is 67.6 Å². The molecule has 0 aromatic carbocycles. The van der Waals surface area contributed by atoms with Gasteiger partial charge in [0.1, 0.15) is 23.6 Å². The van der Waals surface area contributed by atoms with Crippen LogP contribution in [0.5, 0.6) is 0 Å². The number of urea groups is 1. The maximum atomic E-state index is 12.8. The van der Waals surface area contributed by atoms with Crippen molar-refractivity contribution in [3.05, 3.63) is 41.7 Å². The second-order valence-electron chi connectivity index (χ2n) is 10.2. The van der Waals surface area contributed by atoms with Crippen LogP contribution in [0, 0.1) is 0 Å². The highest BCUT2D eigenvalue weighted by atomic mass is 16.5. The smallest absolute Gasteiger partial charge is 0.319 e. The van der Waals surface area contributed by atoms with E-state index in [1.165, 1.54) is 0 Å². The van der Waals surface area contributed by atoms with Crippen molar-refractivity contribution >= 4 is 28.8 Å². The highest BCUT2D eigenvalue weighted by Crippen LogP contribution is 2.28. The number of nitrogens with zero attached hydrogens (tertiary/aromatic N) is 4. The predicted octanol–water partition coefficient (Wildman–Crippen LogP) is 2.46. The third-order valence-corrected chi connectivity index (χ3v) is 7.28. The van der Waals surface area contributed by atoms with E-state index in [0.29, 0.717) is 24.4 Å². The molecule has 1 aliphatic heterocycles. The quantitative estimate of drug-likeness (QED) is 0.491. The number of H-pyrrole nitrogens is 1. The highest BCUT2D eigenvalue weighted by Gasteiger charge is 2.24. The molecule has 3 aliphatic rings. The molecule has 1 unspecified atom stereocenters. The van der Waals surface area contributed by atoms with Gasteiger partial charge in [0.15, 0.2) is 6.61 Å². The Kier molecular flexibility index (Phi) is 7.59. The summed E-state index contributed by atoms with van der Waals surface area (Å²) in [5.41, 5.74) is 2.46. The summed E-state index contributed by atoms with van der Waals surface area (Å²) >= 11 is 0. The largest absolute Gasteiger partial charge is 0.486 e. The summed E-state index contributed by atoms with van der Waals surface area (Å²) in [4.78, 5) is 41.6. The van der Waals surface area contributed by atoms with Crippen molar-refractivity contribution in [1.29, 1.82) is 0 Å². The number of hydrogen-bond donors (Lipinski definition) is 4. The molecule has 1 fully saturated rings. The second-order valence-corrected chi connectivity index (χ2v) is 10.2. The minimum atomic E-state index is -0.247. The van der Waals surface area contributed by atoms with Crippen molar-refractivity contribution in [3.63, 3.8) is 0 Å². The first-order valence-electron chi connectivity index (χ1n) is 13.1. The van der Waals surface area contributed by atoms with Gasteiger partial charge in [0.2, 0.25) is 0 Å². The van der Waals surface area contributed by atoms with Gasteiger partial charge in [-0.25, -0.2) is 14.8 Å². The number of carbonyl (C=O) groups is 2. The number of carbonyl (C=O) groups excluding carboxylic acids is 2. The molecule has 0 radical (unpaired) electrons. The summed E-state index contributed by atoms with van der Waals surface area (Å²) in [6.07, 6.45) is 12.9. The average Bonchev–Trinajstić information content (AvgIpc) is 3.53. The van der Waals surface area contributed by atoms with Crippen LogP contribution in [0.25, 0.3) is 11.0 Å². The third-order valence-electron chi connectivity index (χ3n) is 7.28. The number of hydrogen-bond acceptors (Lipinski definition) is 7. The van der Waals surface area contributed by atoms with Crippen LogP contribution in [0.1, 0.15) is 44.1 Å². The lowest BCUT2D eigenvalue weighted by Gasteiger charge is -2.26. The van der Waals surface area contributed by atoms with Crippen molar-refractivity contribution in [2.24, 2.45) is 0 Å². The monoisotopic (exact) mass is 508 g/mol. The Morgan fingerprint density at radius 3 is 2.84 bits per heavy atom. The van der Waals surface area contributed by atoms with E-state index in [1.54, 1.807) is 18.3 Å². The van der Waals surface area contributed by atoms with Gasteiger partial charge in [0.25, 0.3) is 5.91 Å². The number of likely N-dealkylation sites (N-methyl/N-ethyl adjacent to an activating group) is 1. The van der Waals surface area contributed by atoms with E-state index in [4.69, 9.17) is 4.74 Å². The Hall–Kier alpha value is -3.60. The van der Waals surface area contributed by atoms with E-state index < -0.39 is 0 Å². The lowest BCUT2D eigenvalue weighted by Crippen LogP contribution is -2.41. The Labute approximate surface area is 216 Å². The average molecular weight is 509 g/mol. The van der Waals surface area contributed by atoms with Crippen molar-refractivity contribution in [2.75, 3.05) is 39.1 Å². The zero-order valence-electron chi connectivity index (χ0n) is 21.5. The molecule has 2 aliphatic carbocycles. The molecule has 11 heteroatoms. The summed E-state index contributed by atoms with van der Waals surface area (Å²) in [6.45, 7) is 2.12. The highest BCUT2D eigenvalue weighted by molar-refractivity contribution is 5.90. The van der Waals surface area contributed by atoms with Crippen molar-refractivity contribution in [2.45, 2.75) is 57.2 Å². The van der Waals surface area contributed by atoms with Crippen LogP contribution >= 0.6 is 0 Å². The van der Waals surface area contributed by atoms with E-state index in [1.807, 2.05) is 18.3 Å². The fraction of sp³-hybridized carbons (Fsp3) is 0.538. The summed E-state index contributed by atoms with van der Waals surface area (Å²) in [5.74, 6) is 1.21. The summed E-state index contributed by atoms with van der Waals surface area (Å²) in [5, 5.41) is 10.5. The first-order chi connectivity index (χ1) is 18.0. The van der Waals surface area contributed by atoms with Gasteiger partial charge in [0.05, 0.1) is 17.1 Å². The SMILES string of the molecule is CN1CCCN(C)C(=O)COC2=C(NC(=O)NC3CCCC3)C=CC(C2)Nc2ncnc3[nH]cc(c23)C1. The van der Waals surface area contributed by atoms with Crippen LogP contribution in [0.15, 0.2) is 36.1 Å². The molecule has 1 saturated carbocycles. The van der Waals surface area contributed by atoms with Gasteiger partial charge in [-0.3, -0.25) is 4.79 Å². The molecule has 0 spiro atoms. The predicted molar refractivity (Wildman–Crippen MR) is 141 cm³/mol. The van der Waals surface area contributed by atoms with E-state index in [2.05, 4.69) is 42.8 Å². The molecule has 4 N–H and O–H groups in total. The second kappa shape index (κ2) is 11.2. The fourth-order valence-corrected chi connectivity index (χ4v) is 5.21. The van der Waals surface area contributed by atoms with Crippen molar-refractivity contribution in [3.8, 4) is 0 Å².